The van der Waals surface area contributed by atoms with Gasteiger partial charge in [-0.1, -0.05) is 17.3 Å². The number of nitro groups is 2. The highest BCUT2D eigenvalue weighted by Gasteiger charge is 2.21. The van der Waals surface area contributed by atoms with E-state index < -0.39 is 21.7 Å². The highest BCUT2D eigenvalue weighted by molar-refractivity contribution is 5.94. The van der Waals surface area contributed by atoms with Crippen LogP contribution in [-0.4, -0.2) is 44.9 Å². The van der Waals surface area contributed by atoms with Gasteiger partial charge < -0.3 is 15.2 Å². The molecule has 1 heterocycles. The average molecular weight is 454 g/mol. The predicted molar refractivity (Wildman–Crippen MR) is 114 cm³/mol. The minimum Gasteiger partial charge on any atom is -0.350 e. The number of nitro benzene ring substituents is 2. The average Bonchev–Trinajstić information content (AvgIpc) is 3.26. The normalized spacial score (nSPS) is 10.5. The molecule has 1 aromatic heterocycles. The standard InChI is InChI=1S/C20H18N6O7/c1-11-10-13(6-7-15(11)25(29)30)18(27)21-8-9-22-19(28)20-23-17(24-33-20)14-4-3-5-16(12(14)2)26(31)32/h3-7,10H,8-9H2,1-2H3,(H,21,27)(H,22,28). The van der Waals surface area contributed by atoms with E-state index >= 15 is 0 Å². The maximum atomic E-state index is 12.2. The van der Waals surface area contributed by atoms with Gasteiger partial charge in [-0.2, -0.15) is 4.98 Å². The molecule has 0 spiro atoms. The van der Waals surface area contributed by atoms with Crippen molar-refractivity contribution in [2.45, 2.75) is 13.8 Å². The van der Waals surface area contributed by atoms with Gasteiger partial charge in [0.15, 0.2) is 0 Å². The topological polar surface area (TPSA) is 183 Å². The second-order valence-electron chi connectivity index (χ2n) is 6.90. The minimum atomic E-state index is -0.683. The molecule has 0 fully saturated rings. The van der Waals surface area contributed by atoms with Crippen molar-refractivity contribution in [1.29, 1.82) is 0 Å². The van der Waals surface area contributed by atoms with Crippen LogP contribution in [0.1, 0.15) is 32.2 Å². The molecule has 0 aliphatic heterocycles. The Morgan fingerprint density at radius 2 is 1.64 bits per heavy atom. The van der Waals surface area contributed by atoms with Gasteiger partial charge in [0, 0.05) is 47.5 Å². The van der Waals surface area contributed by atoms with Crippen molar-refractivity contribution in [2.24, 2.45) is 0 Å². The van der Waals surface area contributed by atoms with Crippen molar-refractivity contribution in [2.75, 3.05) is 13.1 Å². The lowest BCUT2D eigenvalue weighted by Gasteiger charge is -2.06. The van der Waals surface area contributed by atoms with Gasteiger partial charge in [-0.3, -0.25) is 29.8 Å². The number of hydrogen-bond donors (Lipinski definition) is 2. The second-order valence-corrected chi connectivity index (χ2v) is 6.90. The van der Waals surface area contributed by atoms with Gasteiger partial charge >= 0.3 is 11.8 Å². The van der Waals surface area contributed by atoms with Crippen LogP contribution in [0.3, 0.4) is 0 Å². The summed E-state index contributed by atoms with van der Waals surface area (Å²) < 4.78 is 4.94. The Morgan fingerprint density at radius 1 is 0.970 bits per heavy atom. The zero-order valence-electron chi connectivity index (χ0n) is 17.5. The zero-order chi connectivity index (χ0) is 24.1. The molecule has 0 saturated heterocycles. The number of benzene rings is 2. The summed E-state index contributed by atoms with van der Waals surface area (Å²) in [7, 11) is 0. The Hall–Kier alpha value is -4.68. The molecule has 0 atom stereocenters. The lowest BCUT2D eigenvalue weighted by Crippen LogP contribution is -2.34. The van der Waals surface area contributed by atoms with Crippen LogP contribution < -0.4 is 10.6 Å². The fourth-order valence-electron chi connectivity index (χ4n) is 3.02. The fourth-order valence-corrected chi connectivity index (χ4v) is 3.02. The Balaban J connectivity index is 1.55. The Bertz CT molecular complexity index is 1250. The molecule has 0 aliphatic rings. The maximum absolute atomic E-state index is 12.2. The summed E-state index contributed by atoms with van der Waals surface area (Å²) >= 11 is 0. The highest BCUT2D eigenvalue weighted by Crippen LogP contribution is 2.27. The first-order valence-electron chi connectivity index (χ1n) is 9.58. The summed E-state index contributed by atoms with van der Waals surface area (Å²) in [5.41, 5.74) is 1.10. The molecule has 2 N–H and O–H groups in total. The third kappa shape index (κ3) is 5.15. The van der Waals surface area contributed by atoms with Gasteiger partial charge in [-0.05, 0) is 26.0 Å². The van der Waals surface area contributed by atoms with E-state index in [1.807, 2.05) is 0 Å². The summed E-state index contributed by atoms with van der Waals surface area (Å²) in [6.45, 7) is 3.19. The minimum absolute atomic E-state index is 0.0307. The SMILES string of the molecule is Cc1cc(C(=O)NCCNC(=O)c2nc(-c3cccc([N+](=O)[O-])c3C)no2)ccc1[N+](=O)[O-]. The maximum Gasteiger partial charge on any atom is 0.316 e. The number of nitrogens with zero attached hydrogens (tertiary/aromatic N) is 4. The van der Waals surface area contributed by atoms with E-state index in [4.69, 9.17) is 4.52 Å². The lowest BCUT2D eigenvalue weighted by molar-refractivity contribution is -0.385. The van der Waals surface area contributed by atoms with Gasteiger partial charge in [-0.25, -0.2) is 0 Å². The van der Waals surface area contributed by atoms with Crippen molar-refractivity contribution >= 4 is 23.2 Å². The van der Waals surface area contributed by atoms with Gasteiger partial charge in [0.2, 0.25) is 5.82 Å². The Morgan fingerprint density at radius 3 is 2.27 bits per heavy atom. The van der Waals surface area contributed by atoms with E-state index in [2.05, 4.69) is 20.8 Å². The van der Waals surface area contributed by atoms with E-state index in [-0.39, 0.29) is 41.7 Å². The van der Waals surface area contributed by atoms with Crippen molar-refractivity contribution in [3.8, 4) is 11.4 Å². The zero-order valence-corrected chi connectivity index (χ0v) is 17.5. The van der Waals surface area contributed by atoms with Crippen LogP contribution in [0.15, 0.2) is 40.9 Å². The monoisotopic (exact) mass is 454 g/mol. The quantitative estimate of drug-likeness (QED) is 0.293. The molecule has 13 nitrogen and oxygen atoms in total. The van der Waals surface area contributed by atoms with Crippen LogP contribution in [-0.2, 0) is 0 Å². The third-order valence-electron chi connectivity index (χ3n) is 4.71. The third-order valence-corrected chi connectivity index (χ3v) is 4.71. The highest BCUT2D eigenvalue weighted by atomic mass is 16.6. The van der Waals surface area contributed by atoms with Gasteiger partial charge in [0.1, 0.15) is 0 Å². The summed E-state index contributed by atoms with van der Waals surface area (Å²) in [5.74, 6) is -1.45. The van der Waals surface area contributed by atoms with E-state index in [9.17, 15) is 29.8 Å². The fraction of sp³-hybridized carbons (Fsp3) is 0.200. The summed E-state index contributed by atoms with van der Waals surface area (Å²) in [4.78, 5) is 49.3. The number of aromatic nitrogens is 2. The molecule has 33 heavy (non-hydrogen) atoms. The van der Waals surface area contributed by atoms with Crippen LogP contribution in [0.25, 0.3) is 11.4 Å². The van der Waals surface area contributed by atoms with Gasteiger partial charge in [0.05, 0.1) is 9.85 Å². The van der Waals surface area contributed by atoms with E-state index in [1.165, 1.54) is 37.3 Å². The number of hydrogen-bond acceptors (Lipinski definition) is 9. The number of amides is 2. The molecule has 3 rings (SSSR count). The van der Waals surface area contributed by atoms with Crippen molar-refractivity contribution < 1.29 is 24.0 Å². The van der Waals surface area contributed by atoms with Crippen LogP contribution in [0, 0.1) is 34.1 Å². The number of rotatable bonds is 8. The molecular weight excluding hydrogens is 436 g/mol. The molecular formula is C20H18N6O7. The smallest absolute Gasteiger partial charge is 0.316 e. The molecule has 170 valence electrons. The van der Waals surface area contributed by atoms with Crippen molar-refractivity contribution in [3.63, 3.8) is 0 Å². The molecule has 3 aromatic rings. The molecule has 13 heteroatoms. The number of carbonyl (C=O) groups is 2. The summed E-state index contributed by atoms with van der Waals surface area (Å²) in [6, 6.07) is 8.40. The first-order chi connectivity index (χ1) is 15.7. The molecule has 0 radical (unpaired) electrons. The largest absolute Gasteiger partial charge is 0.350 e. The van der Waals surface area contributed by atoms with E-state index in [1.54, 1.807) is 13.0 Å². The van der Waals surface area contributed by atoms with E-state index in [0.29, 0.717) is 16.7 Å². The predicted octanol–water partition coefficient (Wildman–Crippen LogP) is 2.33. The molecule has 2 aromatic carbocycles. The van der Waals surface area contributed by atoms with Crippen molar-refractivity contribution in [3.05, 3.63) is 79.2 Å². The number of carbonyl (C=O) groups excluding carboxylic acids is 2. The molecule has 0 saturated carbocycles. The summed E-state index contributed by atoms with van der Waals surface area (Å²) in [5, 5.41) is 30.7. The number of nitrogens with one attached hydrogen (secondary N) is 2. The van der Waals surface area contributed by atoms with Crippen LogP contribution >= 0.6 is 0 Å². The van der Waals surface area contributed by atoms with Crippen LogP contribution in [0.5, 0.6) is 0 Å². The van der Waals surface area contributed by atoms with Gasteiger partial charge in [0.25, 0.3) is 17.3 Å². The summed E-state index contributed by atoms with van der Waals surface area (Å²) in [6.07, 6.45) is 0. The van der Waals surface area contributed by atoms with E-state index in [0.717, 1.165) is 0 Å². The molecule has 0 unspecified atom stereocenters. The molecule has 0 aliphatic carbocycles. The molecule has 2 amide bonds. The lowest BCUT2D eigenvalue weighted by atomic mass is 10.1. The molecule has 0 bridgehead atoms. The first-order valence-corrected chi connectivity index (χ1v) is 9.58. The van der Waals surface area contributed by atoms with Crippen molar-refractivity contribution in [1.82, 2.24) is 20.8 Å². The van der Waals surface area contributed by atoms with Gasteiger partial charge in [-0.15, -0.1) is 0 Å². The second kappa shape index (κ2) is 9.64. The first kappa shape index (κ1) is 23.0. The van der Waals surface area contributed by atoms with Crippen LogP contribution in [0.2, 0.25) is 0 Å². The Kier molecular flexibility index (Phi) is 6.71. The number of aryl methyl sites for hydroxylation is 1. The van der Waals surface area contributed by atoms with Crippen LogP contribution in [0.4, 0.5) is 11.4 Å². The Labute approximate surface area is 186 Å².